The smallest absolute Gasteiger partial charge is 0.0410 e. The first kappa shape index (κ1) is 15.9. The lowest BCUT2D eigenvalue weighted by molar-refractivity contribution is 0.845. The number of nitrogens with zero attached hydrogens (tertiary/aromatic N) is 2. The first-order chi connectivity index (χ1) is 11.2. The van der Waals surface area contributed by atoms with Crippen LogP contribution >= 0.6 is 11.3 Å². The standard InChI is InChI=1S/C20H22N2S/c1-15-6-8-17(21-14-15)9-10-18-4-3-5-19(22-18)11-13-20-12-7-16(2)23-20/h3-8,12,14H,9-11,13H2,1-2H3. The van der Waals surface area contributed by atoms with Crippen LogP contribution in [0.25, 0.3) is 0 Å². The van der Waals surface area contributed by atoms with E-state index in [1.807, 2.05) is 17.5 Å². The topological polar surface area (TPSA) is 25.8 Å². The highest BCUT2D eigenvalue weighted by atomic mass is 32.1. The molecule has 0 unspecified atom stereocenters. The maximum Gasteiger partial charge on any atom is 0.0410 e. The third-order valence-corrected chi connectivity index (χ3v) is 4.96. The van der Waals surface area contributed by atoms with Gasteiger partial charge in [0.05, 0.1) is 0 Å². The zero-order chi connectivity index (χ0) is 16.1. The number of rotatable bonds is 6. The van der Waals surface area contributed by atoms with Crippen LogP contribution in [-0.2, 0) is 25.7 Å². The number of aromatic nitrogens is 2. The Bertz CT molecular complexity index is 759. The van der Waals surface area contributed by atoms with Gasteiger partial charge < -0.3 is 0 Å². The Hall–Kier alpha value is -2.00. The Morgan fingerprint density at radius 3 is 2.17 bits per heavy atom. The number of aryl methyl sites for hydroxylation is 6. The molecule has 3 aromatic rings. The zero-order valence-electron chi connectivity index (χ0n) is 13.7. The minimum absolute atomic E-state index is 0.945. The van der Waals surface area contributed by atoms with Crippen molar-refractivity contribution in [3.05, 3.63) is 81.1 Å². The summed E-state index contributed by atoms with van der Waals surface area (Å²) in [6.07, 6.45) is 5.91. The Kier molecular flexibility index (Phi) is 5.19. The Morgan fingerprint density at radius 2 is 1.52 bits per heavy atom. The van der Waals surface area contributed by atoms with Gasteiger partial charge in [-0.2, -0.15) is 0 Å². The molecule has 0 N–H and O–H groups in total. The summed E-state index contributed by atoms with van der Waals surface area (Å²) in [6, 6.07) is 15.0. The van der Waals surface area contributed by atoms with Crippen molar-refractivity contribution < 1.29 is 0 Å². The largest absolute Gasteiger partial charge is 0.261 e. The van der Waals surface area contributed by atoms with Gasteiger partial charge >= 0.3 is 0 Å². The van der Waals surface area contributed by atoms with Crippen molar-refractivity contribution in [1.29, 1.82) is 0 Å². The second-order valence-corrected chi connectivity index (χ2v) is 7.33. The molecule has 0 saturated heterocycles. The van der Waals surface area contributed by atoms with Crippen molar-refractivity contribution >= 4 is 11.3 Å². The molecule has 0 aliphatic heterocycles. The summed E-state index contributed by atoms with van der Waals surface area (Å²) in [6.45, 7) is 4.23. The molecule has 3 rings (SSSR count). The summed E-state index contributed by atoms with van der Waals surface area (Å²) in [5.41, 5.74) is 4.69. The summed E-state index contributed by atoms with van der Waals surface area (Å²) in [5, 5.41) is 0. The van der Waals surface area contributed by atoms with E-state index in [1.54, 1.807) is 0 Å². The summed E-state index contributed by atoms with van der Waals surface area (Å²) in [7, 11) is 0. The van der Waals surface area contributed by atoms with Gasteiger partial charge in [-0.05, 0) is 75.4 Å². The molecule has 3 aromatic heterocycles. The van der Waals surface area contributed by atoms with Gasteiger partial charge in [-0.3, -0.25) is 9.97 Å². The summed E-state index contributed by atoms with van der Waals surface area (Å²) < 4.78 is 0. The van der Waals surface area contributed by atoms with Crippen LogP contribution in [0, 0.1) is 13.8 Å². The van der Waals surface area contributed by atoms with E-state index in [0.717, 1.165) is 37.1 Å². The average Bonchev–Trinajstić information content (AvgIpc) is 2.98. The number of thiophene rings is 1. The summed E-state index contributed by atoms with van der Waals surface area (Å²) >= 11 is 1.88. The molecule has 23 heavy (non-hydrogen) atoms. The van der Waals surface area contributed by atoms with Gasteiger partial charge in [0.15, 0.2) is 0 Å². The van der Waals surface area contributed by atoms with E-state index < -0.39 is 0 Å². The highest BCUT2D eigenvalue weighted by Crippen LogP contribution is 2.17. The molecule has 0 amide bonds. The lowest BCUT2D eigenvalue weighted by Gasteiger charge is -2.05. The fraction of sp³-hybridized carbons (Fsp3) is 0.300. The van der Waals surface area contributed by atoms with Gasteiger partial charge in [0.25, 0.3) is 0 Å². The van der Waals surface area contributed by atoms with Crippen LogP contribution in [0.5, 0.6) is 0 Å². The molecule has 0 spiro atoms. The normalized spacial score (nSPS) is 10.9. The Balaban J connectivity index is 1.57. The van der Waals surface area contributed by atoms with E-state index in [2.05, 4.69) is 61.3 Å². The van der Waals surface area contributed by atoms with Crippen molar-refractivity contribution in [3.63, 3.8) is 0 Å². The van der Waals surface area contributed by atoms with Gasteiger partial charge in [-0.15, -0.1) is 11.3 Å². The van der Waals surface area contributed by atoms with Gasteiger partial charge in [-0.25, -0.2) is 0 Å². The van der Waals surface area contributed by atoms with Crippen LogP contribution in [0.3, 0.4) is 0 Å². The van der Waals surface area contributed by atoms with Gasteiger partial charge in [0.2, 0.25) is 0 Å². The molecule has 0 aliphatic rings. The quantitative estimate of drug-likeness (QED) is 0.656. The highest BCUT2D eigenvalue weighted by molar-refractivity contribution is 7.11. The van der Waals surface area contributed by atoms with E-state index in [1.165, 1.54) is 21.0 Å². The third-order valence-electron chi connectivity index (χ3n) is 3.90. The van der Waals surface area contributed by atoms with Crippen LogP contribution in [0.15, 0.2) is 48.7 Å². The third kappa shape index (κ3) is 4.73. The van der Waals surface area contributed by atoms with E-state index in [4.69, 9.17) is 4.98 Å². The molecule has 118 valence electrons. The van der Waals surface area contributed by atoms with E-state index in [0.29, 0.717) is 0 Å². The predicted octanol–water partition coefficient (Wildman–Crippen LogP) is 4.73. The van der Waals surface area contributed by atoms with Crippen molar-refractivity contribution in [2.75, 3.05) is 0 Å². The number of pyridine rings is 2. The average molecular weight is 322 g/mol. The molecule has 0 radical (unpaired) electrons. The minimum atomic E-state index is 0.945. The molecular weight excluding hydrogens is 300 g/mol. The van der Waals surface area contributed by atoms with Crippen LogP contribution in [0.1, 0.15) is 32.4 Å². The van der Waals surface area contributed by atoms with Crippen molar-refractivity contribution in [2.24, 2.45) is 0 Å². The van der Waals surface area contributed by atoms with Crippen molar-refractivity contribution in [2.45, 2.75) is 39.5 Å². The highest BCUT2D eigenvalue weighted by Gasteiger charge is 2.03. The monoisotopic (exact) mass is 322 g/mol. The molecule has 3 heterocycles. The fourth-order valence-corrected chi connectivity index (χ4v) is 3.47. The van der Waals surface area contributed by atoms with Crippen LogP contribution < -0.4 is 0 Å². The van der Waals surface area contributed by atoms with Crippen molar-refractivity contribution in [1.82, 2.24) is 9.97 Å². The van der Waals surface area contributed by atoms with E-state index in [9.17, 15) is 0 Å². The zero-order valence-corrected chi connectivity index (χ0v) is 14.6. The fourth-order valence-electron chi connectivity index (χ4n) is 2.58. The molecule has 3 heteroatoms. The first-order valence-electron chi connectivity index (χ1n) is 8.11. The molecule has 0 atom stereocenters. The lowest BCUT2D eigenvalue weighted by atomic mass is 10.1. The van der Waals surface area contributed by atoms with Crippen molar-refractivity contribution in [3.8, 4) is 0 Å². The van der Waals surface area contributed by atoms with E-state index in [-0.39, 0.29) is 0 Å². The summed E-state index contributed by atoms with van der Waals surface area (Å²) in [5.74, 6) is 0. The molecule has 0 aromatic carbocycles. The molecule has 2 nitrogen and oxygen atoms in total. The number of hydrogen-bond donors (Lipinski definition) is 0. The first-order valence-corrected chi connectivity index (χ1v) is 8.92. The maximum absolute atomic E-state index is 4.80. The predicted molar refractivity (Wildman–Crippen MR) is 97.1 cm³/mol. The van der Waals surface area contributed by atoms with Gasteiger partial charge in [0.1, 0.15) is 0 Å². The Morgan fingerprint density at radius 1 is 0.783 bits per heavy atom. The maximum atomic E-state index is 4.80. The van der Waals surface area contributed by atoms with Gasteiger partial charge in [-0.1, -0.05) is 12.1 Å². The second kappa shape index (κ2) is 7.51. The Labute approximate surface area is 142 Å². The second-order valence-electron chi connectivity index (χ2n) is 5.96. The molecule has 0 fully saturated rings. The minimum Gasteiger partial charge on any atom is -0.261 e. The molecule has 0 saturated carbocycles. The van der Waals surface area contributed by atoms with Gasteiger partial charge in [0, 0.05) is 33.0 Å². The lowest BCUT2D eigenvalue weighted by Crippen LogP contribution is -2.00. The van der Waals surface area contributed by atoms with Crippen LogP contribution in [-0.4, -0.2) is 9.97 Å². The number of hydrogen-bond acceptors (Lipinski definition) is 3. The molecule has 0 aliphatic carbocycles. The van der Waals surface area contributed by atoms with Crippen LogP contribution in [0.2, 0.25) is 0 Å². The van der Waals surface area contributed by atoms with E-state index >= 15 is 0 Å². The SMILES string of the molecule is Cc1ccc(CCc2cccc(CCc3ccc(C)s3)n2)nc1. The molecular formula is C20H22N2S. The summed E-state index contributed by atoms with van der Waals surface area (Å²) in [4.78, 5) is 12.1. The molecule has 0 bridgehead atoms. The van der Waals surface area contributed by atoms with Crippen LogP contribution in [0.4, 0.5) is 0 Å².